The number of aryl methyl sites for hydroxylation is 1. The van der Waals surface area contributed by atoms with E-state index in [2.05, 4.69) is 12.2 Å². The first-order valence-electron chi connectivity index (χ1n) is 6.88. The summed E-state index contributed by atoms with van der Waals surface area (Å²) in [5.74, 6) is -1.36. The molecule has 0 aromatic heterocycles. The molecule has 118 valence electrons. The summed E-state index contributed by atoms with van der Waals surface area (Å²) in [6.07, 6.45) is 3.94. The molecule has 1 rings (SSSR count). The van der Waals surface area contributed by atoms with Crippen LogP contribution in [-0.2, 0) is 10.0 Å². The molecule has 1 aromatic carbocycles. The highest BCUT2D eigenvalue weighted by atomic mass is 32.2. The predicted octanol–water partition coefficient (Wildman–Crippen LogP) is 2.09. The Morgan fingerprint density at radius 3 is 2.52 bits per heavy atom. The summed E-state index contributed by atoms with van der Waals surface area (Å²) in [7, 11) is -3.98. The summed E-state index contributed by atoms with van der Waals surface area (Å²) in [5, 5.41) is 7.61. The second-order valence-corrected chi connectivity index (χ2v) is 6.52. The van der Waals surface area contributed by atoms with Gasteiger partial charge in [-0.3, -0.25) is 4.79 Å². The van der Waals surface area contributed by atoms with Crippen molar-refractivity contribution in [2.24, 2.45) is 5.14 Å². The molecule has 0 spiro atoms. The maximum Gasteiger partial charge on any atom is 0.254 e. The van der Waals surface area contributed by atoms with Gasteiger partial charge < -0.3 is 5.32 Å². The Morgan fingerprint density at radius 2 is 1.95 bits per heavy atom. The number of primary sulfonamides is 1. The van der Waals surface area contributed by atoms with Gasteiger partial charge in [-0.1, -0.05) is 26.2 Å². The molecule has 0 aliphatic heterocycles. The van der Waals surface area contributed by atoms with Crippen LogP contribution in [0.4, 0.5) is 4.39 Å². The molecule has 0 atom stereocenters. The molecule has 0 saturated carbocycles. The number of unbranched alkanes of at least 4 members (excludes halogenated alkanes) is 3. The van der Waals surface area contributed by atoms with Gasteiger partial charge in [0.1, 0.15) is 5.82 Å². The first-order chi connectivity index (χ1) is 9.77. The summed E-state index contributed by atoms with van der Waals surface area (Å²) < 4.78 is 36.6. The van der Waals surface area contributed by atoms with Crippen LogP contribution in [0.5, 0.6) is 0 Å². The molecule has 0 aliphatic rings. The van der Waals surface area contributed by atoms with E-state index >= 15 is 0 Å². The van der Waals surface area contributed by atoms with Gasteiger partial charge in [-0.05, 0) is 31.0 Å². The quantitative estimate of drug-likeness (QED) is 0.755. The molecular weight excluding hydrogens is 295 g/mol. The highest BCUT2D eigenvalue weighted by Crippen LogP contribution is 2.18. The van der Waals surface area contributed by atoms with Crippen LogP contribution in [0, 0.1) is 12.7 Å². The zero-order chi connectivity index (χ0) is 16.0. The molecular formula is C14H21FN2O3S. The van der Waals surface area contributed by atoms with Gasteiger partial charge in [0.15, 0.2) is 0 Å². The van der Waals surface area contributed by atoms with Crippen molar-refractivity contribution in [3.63, 3.8) is 0 Å². The number of hydrogen-bond acceptors (Lipinski definition) is 3. The Morgan fingerprint density at radius 1 is 1.29 bits per heavy atom. The van der Waals surface area contributed by atoms with Crippen LogP contribution in [0.1, 0.15) is 48.5 Å². The molecule has 1 aromatic rings. The predicted molar refractivity (Wildman–Crippen MR) is 79.0 cm³/mol. The van der Waals surface area contributed by atoms with Gasteiger partial charge in [0.05, 0.1) is 10.5 Å². The third-order valence-electron chi connectivity index (χ3n) is 3.12. The fourth-order valence-electron chi connectivity index (χ4n) is 1.91. The lowest BCUT2D eigenvalue weighted by Gasteiger charge is -2.09. The van der Waals surface area contributed by atoms with E-state index in [-0.39, 0.29) is 16.0 Å². The van der Waals surface area contributed by atoms with Crippen LogP contribution in [0.15, 0.2) is 17.0 Å². The molecule has 0 unspecified atom stereocenters. The highest BCUT2D eigenvalue weighted by Gasteiger charge is 2.19. The smallest absolute Gasteiger partial charge is 0.254 e. The molecule has 0 aliphatic carbocycles. The van der Waals surface area contributed by atoms with Gasteiger partial charge in [0.2, 0.25) is 10.0 Å². The number of nitrogens with two attached hydrogens (primary N) is 1. The second kappa shape index (κ2) is 7.51. The molecule has 0 fully saturated rings. The van der Waals surface area contributed by atoms with Crippen LogP contribution in [0.2, 0.25) is 0 Å². The fraction of sp³-hybridized carbons (Fsp3) is 0.500. The largest absolute Gasteiger partial charge is 0.352 e. The zero-order valence-corrected chi connectivity index (χ0v) is 13.1. The van der Waals surface area contributed by atoms with Gasteiger partial charge in [-0.15, -0.1) is 0 Å². The van der Waals surface area contributed by atoms with Crippen LogP contribution >= 0.6 is 0 Å². The van der Waals surface area contributed by atoms with E-state index in [1.807, 2.05) is 0 Å². The van der Waals surface area contributed by atoms with Gasteiger partial charge >= 0.3 is 0 Å². The summed E-state index contributed by atoms with van der Waals surface area (Å²) in [5.41, 5.74) is -0.229. The number of rotatable bonds is 7. The van der Waals surface area contributed by atoms with Crippen LogP contribution in [0.25, 0.3) is 0 Å². The number of carbonyl (C=O) groups excluding carboxylic acids is 1. The Balaban J connectivity index is 2.86. The van der Waals surface area contributed by atoms with E-state index in [1.165, 1.54) is 6.92 Å². The number of benzene rings is 1. The fourth-order valence-corrected chi connectivity index (χ4v) is 2.54. The lowest BCUT2D eigenvalue weighted by molar-refractivity contribution is 0.0948. The van der Waals surface area contributed by atoms with Gasteiger partial charge in [-0.25, -0.2) is 17.9 Å². The number of halogens is 1. The van der Waals surface area contributed by atoms with Crippen molar-refractivity contribution in [1.29, 1.82) is 0 Å². The van der Waals surface area contributed by atoms with Crippen molar-refractivity contribution in [2.75, 3.05) is 6.54 Å². The van der Waals surface area contributed by atoms with Gasteiger partial charge in [-0.2, -0.15) is 0 Å². The van der Waals surface area contributed by atoms with Crippen LogP contribution in [-0.4, -0.2) is 20.9 Å². The third-order valence-corrected chi connectivity index (χ3v) is 4.01. The van der Waals surface area contributed by atoms with Gasteiger partial charge in [0.25, 0.3) is 5.91 Å². The second-order valence-electron chi connectivity index (χ2n) is 4.96. The van der Waals surface area contributed by atoms with Crippen molar-refractivity contribution in [1.82, 2.24) is 5.32 Å². The Kier molecular flexibility index (Phi) is 6.29. The van der Waals surface area contributed by atoms with E-state index in [1.54, 1.807) is 0 Å². The SMILES string of the molecule is CCCCCCNC(=O)c1cc(S(N)(=O)=O)cc(C)c1F. The van der Waals surface area contributed by atoms with Crippen molar-refractivity contribution < 1.29 is 17.6 Å². The molecule has 0 heterocycles. The first kappa shape index (κ1) is 17.6. The maximum atomic E-state index is 14.0. The average Bonchev–Trinajstić information content (AvgIpc) is 2.40. The lowest BCUT2D eigenvalue weighted by Crippen LogP contribution is -2.26. The average molecular weight is 316 g/mol. The standard InChI is InChI=1S/C14H21FN2O3S/c1-3-4-5-6-7-17-14(18)12-9-11(21(16,19)20)8-10(2)13(12)15/h8-9H,3-7H2,1-2H3,(H,17,18)(H2,16,19,20). The molecule has 7 heteroatoms. The lowest BCUT2D eigenvalue weighted by atomic mass is 10.1. The Hall–Kier alpha value is -1.47. The van der Waals surface area contributed by atoms with Crippen LogP contribution in [0.3, 0.4) is 0 Å². The normalized spacial score (nSPS) is 11.4. The minimum Gasteiger partial charge on any atom is -0.352 e. The van der Waals surface area contributed by atoms with Crippen LogP contribution < -0.4 is 10.5 Å². The maximum absolute atomic E-state index is 14.0. The molecule has 0 bridgehead atoms. The molecule has 5 nitrogen and oxygen atoms in total. The van der Waals surface area contributed by atoms with E-state index in [9.17, 15) is 17.6 Å². The zero-order valence-electron chi connectivity index (χ0n) is 12.3. The van der Waals surface area contributed by atoms with E-state index in [4.69, 9.17) is 5.14 Å². The number of amides is 1. The molecule has 3 N–H and O–H groups in total. The molecule has 1 amide bonds. The summed E-state index contributed by atoms with van der Waals surface area (Å²) in [4.78, 5) is 11.7. The number of carbonyl (C=O) groups is 1. The van der Waals surface area contributed by atoms with E-state index in [0.29, 0.717) is 6.54 Å². The number of hydrogen-bond donors (Lipinski definition) is 2. The minimum absolute atomic E-state index is 0.0673. The number of sulfonamides is 1. The van der Waals surface area contributed by atoms with Gasteiger partial charge in [0, 0.05) is 6.54 Å². The monoisotopic (exact) mass is 316 g/mol. The molecule has 21 heavy (non-hydrogen) atoms. The van der Waals surface area contributed by atoms with E-state index < -0.39 is 21.7 Å². The summed E-state index contributed by atoms with van der Waals surface area (Å²) in [6.45, 7) is 3.90. The summed E-state index contributed by atoms with van der Waals surface area (Å²) >= 11 is 0. The third kappa shape index (κ3) is 5.09. The summed E-state index contributed by atoms with van der Waals surface area (Å²) in [6, 6.07) is 2.09. The van der Waals surface area contributed by atoms with E-state index in [0.717, 1.165) is 37.8 Å². The van der Waals surface area contributed by atoms with Crippen molar-refractivity contribution in [3.8, 4) is 0 Å². The Labute approximate surface area is 124 Å². The van der Waals surface area contributed by atoms with Crippen molar-refractivity contribution in [3.05, 3.63) is 29.1 Å². The minimum atomic E-state index is -3.98. The molecule has 0 radical (unpaired) electrons. The van der Waals surface area contributed by atoms with Crippen molar-refractivity contribution >= 4 is 15.9 Å². The Bertz CT molecular complexity index is 615. The highest BCUT2D eigenvalue weighted by molar-refractivity contribution is 7.89. The molecule has 0 saturated heterocycles. The topological polar surface area (TPSA) is 89.3 Å². The first-order valence-corrected chi connectivity index (χ1v) is 8.43. The van der Waals surface area contributed by atoms with Crippen molar-refractivity contribution in [2.45, 2.75) is 44.4 Å². The number of nitrogens with one attached hydrogen (secondary N) is 1.